The molecule has 0 atom stereocenters. The van der Waals surface area contributed by atoms with Gasteiger partial charge in [-0.05, 0) is 35.9 Å². The molecule has 0 bridgehead atoms. The van der Waals surface area contributed by atoms with Crippen molar-refractivity contribution in [3.05, 3.63) is 95.3 Å². The minimum absolute atomic E-state index is 0.223. The number of nitrogens with zero attached hydrogens (tertiary/aromatic N) is 2. The minimum Gasteiger partial charge on any atom is -0.295 e. The molecular weight excluding hydrogens is 322 g/mol. The first kappa shape index (κ1) is 16.0. The maximum Gasteiger partial charge on any atom is 0.291 e. The van der Waals surface area contributed by atoms with Gasteiger partial charge in [0.25, 0.3) is 5.91 Å². The predicted molar refractivity (Wildman–Crippen MR) is 95.6 cm³/mol. The molecule has 120 valence electrons. The van der Waals surface area contributed by atoms with Crippen LogP contribution in [-0.2, 0) is 6.54 Å². The summed E-state index contributed by atoms with van der Waals surface area (Å²) in [5, 5.41) is 2.13. The Balaban J connectivity index is 1.88. The second-order valence-corrected chi connectivity index (χ2v) is 5.58. The van der Waals surface area contributed by atoms with E-state index in [0.29, 0.717) is 17.3 Å². The van der Waals surface area contributed by atoms with Crippen LogP contribution in [0.4, 0.5) is 5.69 Å². The molecule has 1 amide bonds. The lowest BCUT2D eigenvalue weighted by molar-refractivity contribution is 0.0777. The average molecular weight is 338 g/mol. The number of rotatable bonds is 5. The number of anilines is 1. The Morgan fingerprint density at radius 3 is 2.38 bits per heavy atom. The summed E-state index contributed by atoms with van der Waals surface area (Å²) in [6.07, 6.45) is 1.60. The van der Waals surface area contributed by atoms with Gasteiger partial charge >= 0.3 is 0 Å². The molecule has 0 fully saturated rings. The van der Waals surface area contributed by atoms with E-state index >= 15 is 0 Å². The van der Waals surface area contributed by atoms with Crippen molar-refractivity contribution in [3.63, 3.8) is 0 Å². The third-order valence-corrected chi connectivity index (χ3v) is 3.82. The molecule has 0 saturated carbocycles. The Kier molecular flexibility index (Phi) is 5.08. The first-order valence-electron chi connectivity index (χ1n) is 7.52. The van der Waals surface area contributed by atoms with Crippen LogP contribution in [0.15, 0.2) is 79.0 Å². The van der Waals surface area contributed by atoms with Gasteiger partial charge in [0.05, 0.1) is 12.2 Å². The van der Waals surface area contributed by atoms with Crippen molar-refractivity contribution in [2.45, 2.75) is 6.54 Å². The van der Waals surface area contributed by atoms with Gasteiger partial charge in [-0.3, -0.25) is 15.2 Å². The SMILES string of the molecule is O=C(c1ccccn1)N(Cc1ccccc1Cl)Nc1ccccc1. The van der Waals surface area contributed by atoms with Crippen molar-refractivity contribution >= 4 is 23.2 Å². The molecule has 0 aliphatic rings. The summed E-state index contributed by atoms with van der Waals surface area (Å²) >= 11 is 6.24. The molecule has 5 heteroatoms. The van der Waals surface area contributed by atoms with Crippen LogP contribution in [0.25, 0.3) is 0 Å². The highest BCUT2D eigenvalue weighted by molar-refractivity contribution is 6.31. The van der Waals surface area contributed by atoms with Crippen molar-refractivity contribution in [2.24, 2.45) is 0 Å². The number of hydrazine groups is 1. The van der Waals surface area contributed by atoms with E-state index in [-0.39, 0.29) is 5.91 Å². The summed E-state index contributed by atoms with van der Waals surface area (Å²) in [4.78, 5) is 17.0. The van der Waals surface area contributed by atoms with E-state index in [1.165, 1.54) is 5.01 Å². The van der Waals surface area contributed by atoms with Gasteiger partial charge in [0, 0.05) is 11.2 Å². The normalized spacial score (nSPS) is 10.2. The Labute approximate surface area is 145 Å². The molecule has 3 rings (SSSR count). The Morgan fingerprint density at radius 1 is 0.958 bits per heavy atom. The van der Waals surface area contributed by atoms with Crippen molar-refractivity contribution in [3.8, 4) is 0 Å². The zero-order chi connectivity index (χ0) is 16.8. The molecule has 1 aromatic heterocycles. The minimum atomic E-state index is -0.223. The van der Waals surface area contributed by atoms with E-state index in [4.69, 9.17) is 11.6 Å². The average Bonchev–Trinajstić information content (AvgIpc) is 2.64. The van der Waals surface area contributed by atoms with Gasteiger partial charge in [0.15, 0.2) is 0 Å². The fourth-order valence-electron chi connectivity index (χ4n) is 2.26. The number of nitrogens with one attached hydrogen (secondary N) is 1. The monoisotopic (exact) mass is 337 g/mol. The second kappa shape index (κ2) is 7.62. The summed E-state index contributed by atoms with van der Waals surface area (Å²) in [5.74, 6) is -0.223. The Morgan fingerprint density at radius 2 is 1.67 bits per heavy atom. The molecule has 0 aliphatic heterocycles. The predicted octanol–water partition coefficient (Wildman–Crippen LogP) is 4.40. The summed E-state index contributed by atoms with van der Waals surface area (Å²) in [5.41, 5.74) is 5.17. The van der Waals surface area contributed by atoms with E-state index in [2.05, 4.69) is 10.4 Å². The van der Waals surface area contributed by atoms with Crippen LogP contribution >= 0.6 is 11.6 Å². The fourth-order valence-corrected chi connectivity index (χ4v) is 2.45. The molecule has 0 unspecified atom stereocenters. The van der Waals surface area contributed by atoms with Gasteiger partial charge in [-0.2, -0.15) is 0 Å². The summed E-state index contributed by atoms with van der Waals surface area (Å²) in [7, 11) is 0. The quantitative estimate of drug-likeness (QED) is 0.702. The highest BCUT2D eigenvalue weighted by Gasteiger charge is 2.18. The lowest BCUT2D eigenvalue weighted by atomic mass is 10.2. The third kappa shape index (κ3) is 3.91. The van der Waals surface area contributed by atoms with E-state index in [9.17, 15) is 4.79 Å². The summed E-state index contributed by atoms with van der Waals surface area (Å²) in [6.45, 7) is 0.323. The molecule has 4 nitrogen and oxygen atoms in total. The number of benzene rings is 2. The number of halogens is 1. The van der Waals surface area contributed by atoms with Gasteiger partial charge in [-0.15, -0.1) is 0 Å². The highest BCUT2D eigenvalue weighted by Crippen LogP contribution is 2.19. The van der Waals surface area contributed by atoms with Crippen molar-refractivity contribution < 1.29 is 4.79 Å². The number of amides is 1. The molecule has 24 heavy (non-hydrogen) atoms. The third-order valence-electron chi connectivity index (χ3n) is 3.45. The van der Waals surface area contributed by atoms with E-state index < -0.39 is 0 Å². The van der Waals surface area contributed by atoms with Crippen LogP contribution in [0, 0.1) is 0 Å². The van der Waals surface area contributed by atoms with Gasteiger partial charge in [0.1, 0.15) is 5.69 Å². The number of pyridine rings is 1. The lowest BCUT2D eigenvalue weighted by Crippen LogP contribution is -2.36. The zero-order valence-electron chi connectivity index (χ0n) is 12.9. The van der Waals surface area contributed by atoms with E-state index in [1.807, 2.05) is 54.6 Å². The Bertz CT molecular complexity index is 809. The molecule has 2 aromatic carbocycles. The second-order valence-electron chi connectivity index (χ2n) is 5.18. The first-order chi connectivity index (χ1) is 11.7. The maximum absolute atomic E-state index is 12.8. The standard InChI is InChI=1S/C19H16ClN3O/c20-17-11-5-4-8-15(17)14-23(22-16-9-2-1-3-10-16)19(24)18-12-6-7-13-21-18/h1-13,22H,14H2. The van der Waals surface area contributed by atoms with E-state index in [1.54, 1.807) is 24.4 Å². The molecular formula is C19H16ClN3O. The summed E-state index contributed by atoms with van der Waals surface area (Å²) in [6, 6.07) is 22.2. The topological polar surface area (TPSA) is 45.2 Å². The zero-order valence-corrected chi connectivity index (χ0v) is 13.6. The molecule has 3 aromatic rings. The van der Waals surface area contributed by atoms with Crippen molar-refractivity contribution in [1.29, 1.82) is 0 Å². The number of aromatic nitrogens is 1. The van der Waals surface area contributed by atoms with E-state index in [0.717, 1.165) is 11.3 Å². The Hall–Kier alpha value is -2.85. The van der Waals surface area contributed by atoms with Crippen LogP contribution in [0.5, 0.6) is 0 Å². The number of hydrogen-bond acceptors (Lipinski definition) is 3. The van der Waals surface area contributed by atoms with Crippen LogP contribution in [-0.4, -0.2) is 15.9 Å². The molecule has 0 saturated heterocycles. The lowest BCUT2D eigenvalue weighted by Gasteiger charge is -2.24. The van der Waals surface area contributed by atoms with Gasteiger partial charge < -0.3 is 0 Å². The molecule has 1 heterocycles. The van der Waals surface area contributed by atoms with Gasteiger partial charge in [-0.1, -0.05) is 54.1 Å². The van der Waals surface area contributed by atoms with Gasteiger partial charge in [0.2, 0.25) is 0 Å². The molecule has 0 aliphatic carbocycles. The van der Waals surface area contributed by atoms with Crippen molar-refractivity contribution in [2.75, 3.05) is 5.43 Å². The maximum atomic E-state index is 12.8. The number of carbonyl (C=O) groups excluding carboxylic acids is 1. The smallest absolute Gasteiger partial charge is 0.291 e. The number of para-hydroxylation sites is 1. The molecule has 1 N–H and O–H groups in total. The van der Waals surface area contributed by atoms with Gasteiger partial charge in [-0.25, -0.2) is 5.01 Å². The molecule has 0 spiro atoms. The highest BCUT2D eigenvalue weighted by atomic mass is 35.5. The largest absolute Gasteiger partial charge is 0.295 e. The molecule has 0 radical (unpaired) electrons. The van der Waals surface area contributed by atoms with Crippen molar-refractivity contribution in [1.82, 2.24) is 9.99 Å². The fraction of sp³-hybridized carbons (Fsp3) is 0.0526. The summed E-state index contributed by atoms with van der Waals surface area (Å²) < 4.78 is 0. The number of carbonyl (C=O) groups is 1. The number of hydrogen-bond donors (Lipinski definition) is 1. The van der Waals surface area contributed by atoms with Crippen LogP contribution in [0.3, 0.4) is 0 Å². The van der Waals surface area contributed by atoms with Crippen LogP contribution in [0.2, 0.25) is 5.02 Å². The van der Waals surface area contributed by atoms with Crippen LogP contribution in [0.1, 0.15) is 16.1 Å². The first-order valence-corrected chi connectivity index (χ1v) is 7.90. The van der Waals surface area contributed by atoms with Crippen LogP contribution < -0.4 is 5.43 Å².